The number of nitrogens with zero attached hydrogens (tertiary/aromatic N) is 1. The van der Waals surface area contributed by atoms with Crippen molar-refractivity contribution in [2.45, 2.75) is 34.6 Å². The lowest BCUT2D eigenvalue weighted by molar-refractivity contribution is 0.397. The molecule has 0 bridgehead atoms. The van der Waals surface area contributed by atoms with Gasteiger partial charge in [0.2, 0.25) is 0 Å². The smallest absolute Gasteiger partial charge is 0.0423 e. The van der Waals surface area contributed by atoms with Crippen LogP contribution in [-0.4, -0.2) is 20.1 Å². The molecule has 2 nitrogen and oxygen atoms in total. The van der Waals surface area contributed by atoms with Crippen LogP contribution in [0.4, 0.5) is 5.69 Å². The van der Waals surface area contributed by atoms with Crippen molar-refractivity contribution >= 4 is 5.69 Å². The molecule has 1 aromatic rings. The van der Waals surface area contributed by atoms with E-state index in [-0.39, 0.29) is 0 Å². The Morgan fingerprint density at radius 3 is 2.00 bits per heavy atom. The third-order valence-electron chi connectivity index (χ3n) is 3.77. The zero-order valence-corrected chi connectivity index (χ0v) is 12.7. The van der Waals surface area contributed by atoms with E-state index in [1.54, 1.807) is 0 Å². The van der Waals surface area contributed by atoms with Gasteiger partial charge in [0.1, 0.15) is 0 Å². The molecular formula is C16H28N2. The van der Waals surface area contributed by atoms with Crippen LogP contribution in [0.2, 0.25) is 0 Å². The predicted octanol–water partition coefficient (Wildman–Crippen LogP) is 3.28. The first-order chi connectivity index (χ1) is 8.36. The van der Waals surface area contributed by atoms with Crippen LogP contribution in [0.25, 0.3) is 0 Å². The third kappa shape index (κ3) is 3.49. The number of nitrogens with two attached hydrogens (primary N) is 1. The molecule has 1 rings (SSSR count). The molecule has 0 amide bonds. The van der Waals surface area contributed by atoms with Crippen LogP contribution in [0.1, 0.15) is 30.5 Å². The van der Waals surface area contributed by atoms with Crippen LogP contribution < -0.4 is 10.6 Å². The van der Waals surface area contributed by atoms with Gasteiger partial charge >= 0.3 is 0 Å². The molecule has 0 aromatic heterocycles. The molecule has 2 heteroatoms. The summed E-state index contributed by atoms with van der Waals surface area (Å²) < 4.78 is 0. The molecule has 0 heterocycles. The lowest BCUT2D eigenvalue weighted by atomic mass is 9.94. The summed E-state index contributed by atoms with van der Waals surface area (Å²) in [5, 5.41) is 0. The van der Waals surface area contributed by atoms with Gasteiger partial charge in [0.05, 0.1) is 0 Å². The SMILES string of the molecule is Cc1cc(C)c(N(C)CC(CN)C(C)C)c(C)c1. The van der Waals surface area contributed by atoms with Gasteiger partial charge in [0, 0.05) is 19.3 Å². The molecule has 0 saturated carbocycles. The summed E-state index contributed by atoms with van der Waals surface area (Å²) in [6.07, 6.45) is 0. The van der Waals surface area contributed by atoms with Gasteiger partial charge in [-0.2, -0.15) is 0 Å². The van der Waals surface area contributed by atoms with Crippen molar-refractivity contribution in [2.24, 2.45) is 17.6 Å². The first-order valence-corrected chi connectivity index (χ1v) is 6.85. The molecule has 2 N–H and O–H groups in total. The quantitative estimate of drug-likeness (QED) is 0.866. The van der Waals surface area contributed by atoms with Crippen molar-refractivity contribution < 1.29 is 0 Å². The van der Waals surface area contributed by atoms with E-state index >= 15 is 0 Å². The summed E-state index contributed by atoms with van der Waals surface area (Å²) in [5.74, 6) is 1.18. The maximum atomic E-state index is 5.87. The van der Waals surface area contributed by atoms with Crippen LogP contribution >= 0.6 is 0 Å². The monoisotopic (exact) mass is 248 g/mol. The Hall–Kier alpha value is -1.02. The largest absolute Gasteiger partial charge is 0.374 e. The van der Waals surface area contributed by atoms with Crippen molar-refractivity contribution in [3.8, 4) is 0 Å². The summed E-state index contributed by atoms with van der Waals surface area (Å²) in [6.45, 7) is 12.8. The van der Waals surface area contributed by atoms with Crippen molar-refractivity contribution in [2.75, 3.05) is 25.0 Å². The second kappa shape index (κ2) is 6.24. The number of hydrogen-bond acceptors (Lipinski definition) is 2. The van der Waals surface area contributed by atoms with E-state index < -0.39 is 0 Å². The molecule has 0 fully saturated rings. The first-order valence-electron chi connectivity index (χ1n) is 6.85. The topological polar surface area (TPSA) is 29.3 Å². The maximum Gasteiger partial charge on any atom is 0.0423 e. The molecule has 102 valence electrons. The van der Waals surface area contributed by atoms with Crippen molar-refractivity contribution in [3.05, 3.63) is 28.8 Å². The second-order valence-electron chi connectivity index (χ2n) is 5.87. The minimum absolute atomic E-state index is 0.551. The van der Waals surface area contributed by atoms with Gasteiger partial charge in [-0.25, -0.2) is 0 Å². The summed E-state index contributed by atoms with van der Waals surface area (Å²) >= 11 is 0. The predicted molar refractivity (Wildman–Crippen MR) is 81.3 cm³/mol. The Kier molecular flexibility index (Phi) is 5.21. The van der Waals surface area contributed by atoms with Gasteiger partial charge in [0.15, 0.2) is 0 Å². The van der Waals surface area contributed by atoms with Crippen LogP contribution in [0.15, 0.2) is 12.1 Å². The van der Waals surface area contributed by atoms with Gasteiger partial charge in [-0.15, -0.1) is 0 Å². The fourth-order valence-corrected chi connectivity index (χ4v) is 2.78. The number of hydrogen-bond donors (Lipinski definition) is 1. The van der Waals surface area contributed by atoms with E-state index in [9.17, 15) is 0 Å². The average Bonchev–Trinajstić information content (AvgIpc) is 2.23. The van der Waals surface area contributed by atoms with E-state index in [4.69, 9.17) is 5.73 Å². The van der Waals surface area contributed by atoms with E-state index in [0.717, 1.165) is 13.1 Å². The minimum atomic E-state index is 0.551. The van der Waals surface area contributed by atoms with Crippen LogP contribution in [0.5, 0.6) is 0 Å². The highest BCUT2D eigenvalue weighted by molar-refractivity contribution is 5.59. The molecule has 0 aliphatic carbocycles. The molecule has 0 spiro atoms. The second-order valence-corrected chi connectivity index (χ2v) is 5.87. The highest BCUT2D eigenvalue weighted by Gasteiger charge is 2.16. The van der Waals surface area contributed by atoms with Crippen LogP contribution in [0, 0.1) is 32.6 Å². The Bertz CT molecular complexity index is 373. The van der Waals surface area contributed by atoms with E-state index in [1.165, 1.54) is 22.4 Å². The van der Waals surface area contributed by atoms with Gasteiger partial charge < -0.3 is 10.6 Å². The maximum absolute atomic E-state index is 5.87. The zero-order chi connectivity index (χ0) is 13.9. The highest BCUT2D eigenvalue weighted by atomic mass is 15.1. The highest BCUT2D eigenvalue weighted by Crippen LogP contribution is 2.26. The summed E-state index contributed by atoms with van der Waals surface area (Å²) in [7, 11) is 2.18. The fraction of sp³-hybridized carbons (Fsp3) is 0.625. The average molecular weight is 248 g/mol. The van der Waals surface area contributed by atoms with E-state index in [2.05, 4.69) is 58.7 Å². The fourth-order valence-electron chi connectivity index (χ4n) is 2.78. The number of benzene rings is 1. The zero-order valence-electron chi connectivity index (χ0n) is 12.7. The Balaban J connectivity index is 2.94. The van der Waals surface area contributed by atoms with Crippen LogP contribution in [0.3, 0.4) is 0 Å². The molecule has 0 aliphatic rings. The Morgan fingerprint density at radius 2 is 1.61 bits per heavy atom. The molecule has 0 radical (unpaired) electrons. The van der Waals surface area contributed by atoms with E-state index in [1.807, 2.05) is 0 Å². The molecule has 1 atom stereocenters. The number of aryl methyl sites for hydroxylation is 3. The first kappa shape index (κ1) is 15.0. The van der Waals surface area contributed by atoms with Crippen molar-refractivity contribution in [1.82, 2.24) is 0 Å². The van der Waals surface area contributed by atoms with Crippen LogP contribution in [-0.2, 0) is 0 Å². The number of anilines is 1. The van der Waals surface area contributed by atoms with Crippen molar-refractivity contribution in [1.29, 1.82) is 0 Å². The normalized spacial score (nSPS) is 12.9. The number of rotatable bonds is 5. The van der Waals surface area contributed by atoms with Gasteiger partial charge in [-0.1, -0.05) is 31.5 Å². The molecular weight excluding hydrogens is 220 g/mol. The standard InChI is InChI=1S/C16H28N2/c1-11(2)15(9-17)10-18(6)16-13(4)7-12(3)8-14(16)5/h7-8,11,15H,9-10,17H2,1-6H3. The van der Waals surface area contributed by atoms with E-state index in [0.29, 0.717) is 11.8 Å². The van der Waals surface area contributed by atoms with Gasteiger partial charge in [-0.05, 0) is 50.3 Å². The third-order valence-corrected chi connectivity index (χ3v) is 3.77. The minimum Gasteiger partial charge on any atom is -0.374 e. The summed E-state index contributed by atoms with van der Waals surface area (Å²) in [6, 6.07) is 4.51. The molecule has 18 heavy (non-hydrogen) atoms. The molecule has 0 saturated heterocycles. The Morgan fingerprint density at radius 1 is 1.11 bits per heavy atom. The van der Waals surface area contributed by atoms with Crippen molar-refractivity contribution in [3.63, 3.8) is 0 Å². The molecule has 1 aromatic carbocycles. The summed E-state index contributed by atoms with van der Waals surface area (Å²) in [4.78, 5) is 2.36. The van der Waals surface area contributed by atoms with Gasteiger partial charge in [0.25, 0.3) is 0 Å². The lowest BCUT2D eigenvalue weighted by Crippen LogP contribution is -2.33. The van der Waals surface area contributed by atoms with Gasteiger partial charge in [-0.3, -0.25) is 0 Å². The lowest BCUT2D eigenvalue weighted by Gasteiger charge is -2.30. The molecule has 0 aliphatic heterocycles. The summed E-state index contributed by atoms with van der Waals surface area (Å²) in [5.41, 5.74) is 11.3. The Labute approximate surface area is 112 Å². The molecule has 1 unspecified atom stereocenters.